The van der Waals surface area contributed by atoms with Crippen molar-refractivity contribution in [2.75, 3.05) is 0 Å². The molecule has 0 bridgehead atoms. The molecule has 2 saturated carbocycles. The van der Waals surface area contributed by atoms with Crippen molar-refractivity contribution in [1.82, 2.24) is 41.3 Å². The Labute approximate surface area is 248 Å². The van der Waals surface area contributed by atoms with Gasteiger partial charge >= 0.3 is 17.3 Å². The van der Waals surface area contributed by atoms with E-state index >= 15 is 0 Å². The number of carbonyl (C=O) groups excluding carboxylic acids is 1. The van der Waals surface area contributed by atoms with Gasteiger partial charge in [0, 0.05) is 19.6 Å². The number of esters is 1. The molecule has 16 heteroatoms. The molecule has 6 atom stereocenters. The van der Waals surface area contributed by atoms with E-state index in [0.29, 0.717) is 43.5 Å². The van der Waals surface area contributed by atoms with Crippen LogP contribution in [0.3, 0.4) is 0 Å². The largest absolute Gasteiger partial charge is 0.460 e. The van der Waals surface area contributed by atoms with Crippen molar-refractivity contribution < 1.29 is 19.4 Å². The molecule has 6 unspecified atom stereocenters. The molecular formula is C27H40N10O6. The number of aromatic nitrogens is 4. The third kappa shape index (κ3) is 5.52. The van der Waals surface area contributed by atoms with Gasteiger partial charge in [-0.2, -0.15) is 10.2 Å². The van der Waals surface area contributed by atoms with E-state index in [1.807, 2.05) is 0 Å². The Morgan fingerprint density at radius 2 is 1.33 bits per heavy atom. The molecule has 43 heavy (non-hydrogen) atoms. The maximum atomic E-state index is 13.9. The second-order valence-electron chi connectivity index (χ2n) is 12.7. The highest BCUT2D eigenvalue weighted by atomic mass is 16.6. The number of ether oxygens (including phenoxy) is 1. The molecule has 0 aromatic carbocycles. The summed E-state index contributed by atoms with van der Waals surface area (Å²) in [6.07, 6.45) is 12.0. The monoisotopic (exact) mass is 600 g/mol. The molecule has 0 amide bonds. The van der Waals surface area contributed by atoms with Crippen LogP contribution in [0.5, 0.6) is 0 Å². The zero-order chi connectivity index (χ0) is 30.4. The quantitative estimate of drug-likeness (QED) is 0.215. The van der Waals surface area contributed by atoms with Gasteiger partial charge < -0.3 is 4.74 Å². The van der Waals surface area contributed by atoms with Crippen LogP contribution >= 0.6 is 0 Å². The molecule has 234 valence electrons. The lowest BCUT2D eigenvalue weighted by molar-refractivity contribution is -0.386. The van der Waals surface area contributed by atoms with E-state index in [0.717, 1.165) is 44.9 Å². The van der Waals surface area contributed by atoms with Gasteiger partial charge in [-0.05, 0) is 57.8 Å². The van der Waals surface area contributed by atoms with Crippen molar-refractivity contribution in [3.05, 3.63) is 44.0 Å². The van der Waals surface area contributed by atoms with Gasteiger partial charge in [0.15, 0.2) is 11.4 Å². The van der Waals surface area contributed by atoms with Gasteiger partial charge in [0.05, 0.1) is 33.4 Å². The molecule has 2 spiro atoms. The third-order valence-corrected chi connectivity index (χ3v) is 10.0. The van der Waals surface area contributed by atoms with Crippen molar-refractivity contribution in [2.45, 2.75) is 106 Å². The first-order valence-electron chi connectivity index (χ1n) is 15.2. The highest BCUT2D eigenvalue weighted by Gasteiger charge is 2.52. The van der Waals surface area contributed by atoms with E-state index in [4.69, 9.17) is 4.74 Å². The number of nitro groups is 2. The molecule has 4 aliphatic rings. The zero-order valence-electron chi connectivity index (χ0n) is 24.6. The van der Waals surface area contributed by atoms with Crippen LogP contribution < -0.4 is 21.7 Å². The van der Waals surface area contributed by atoms with Crippen molar-refractivity contribution in [2.24, 2.45) is 20.0 Å². The van der Waals surface area contributed by atoms with Crippen LogP contribution in [0.4, 0.5) is 11.4 Å². The molecule has 2 saturated heterocycles. The average molecular weight is 601 g/mol. The summed E-state index contributed by atoms with van der Waals surface area (Å²) in [7, 11) is 3.33. The zero-order valence-corrected chi connectivity index (χ0v) is 24.6. The summed E-state index contributed by atoms with van der Waals surface area (Å²) in [6, 6.07) is -0.666. The van der Waals surface area contributed by atoms with Crippen LogP contribution in [0.25, 0.3) is 0 Å². The van der Waals surface area contributed by atoms with Crippen molar-refractivity contribution >= 4 is 17.3 Å². The first-order valence-corrected chi connectivity index (χ1v) is 15.2. The van der Waals surface area contributed by atoms with E-state index in [2.05, 4.69) is 31.9 Å². The topological polar surface area (TPSA) is 196 Å². The summed E-state index contributed by atoms with van der Waals surface area (Å²) >= 11 is 0. The average Bonchev–Trinajstić information content (AvgIpc) is 3.58. The summed E-state index contributed by atoms with van der Waals surface area (Å²) in [5, 5.41) is 31.8. The number of nitrogens with one attached hydrogen (secondary N) is 4. The number of carbonyl (C=O) groups is 1. The Hall–Kier alpha value is -3.47. The maximum absolute atomic E-state index is 13.9. The van der Waals surface area contributed by atoms with Gasteiger partial charge in [-0.3, -0.25) is 39.8 Å². The minimum Gasteiger partial charge on any atom is -0.460 e. The molecule has 6 rings (SSSR count). The summed E-state index contributed by atoms with van der Waals surface area (Å²) < 4.78 is 9.29. The number of aryl methyl sites for hydroxylation is 2. The maximum Gasteiger partial charge on any atom is 0.311 e. The third-order valence-electron chi connectivity index (χ3n) is 10.0. The lowest BCUT2D eigenvalue weighted by atomic mass is 9.69. The van der Waals surface area contributed by atoms with Gasteiger partial charge in [0.2, 0.25) is 0 Å². The molecular weight excluding hydrogens is 560 g/mol. The summed E-state index contributed by atoms with van der Waals surface area (Å²) in [5.74, 6) is -0.570. The van der Waals surface area contributed by atoms with Gasteiger partial charge in [-0.1, -0.05) is 19.3 Å². The van der Waals surface area contributed by atoms with Gasteiger partial charge in [0.25, 0.3) is 0 Å². The number of rotatable bonds is 6. The predicted octanol–water partition coefficient (Wildman–Crippen LogP) is 2.68. The normalized spacial score (nSPS) is 33.0. The van der Waals surface area contributed by atoms with Crippen molar-refractivity contribution in [1.29, 1.82) is 0 Å². The van der Waals surface area contributed by atoms with Crippen molar-refractivity contribution in [3.63, 3.8) is 0 Å². The summed E-state index contributed by atoms with van der Waals surface area (Å²) in [4.78, 5) is 36.2. The molecule has 2 aromatic rings. The predicted molar refractivity (Wildman–Crippen MR) is 152 cm³/mol. The summed E-state index contributed by atoms with van der Waals surface area (Å²) in [6.45, 7) is 0. The van der Waals surface area contributed by atoms with Gasteiger partial charge in [-0.25, -0.2) is 16.3 Å². The Balaban J connectivity index is 1.13. The number of nitrogens with zero attached hydrogens (tertiary/aromatic N) is 6. The van der Waals surface area contributed by atoms with Crippen LogP contribution in [0.2, 0.25) is 0 Å². The van der Waals surface area contributed by atoms with E-state index in [-0.39, 0.29) is 41.4 Å². The Kier molecular flexibility index (Phi) is 7.95. The van der Waals surface area contributed by atoms with Crippen molar-refractivity contribution in [3.8, 4) is 0 Å². The standard InChI is InChI=1S/C27H40N10O6/c1-34-15-20(36(39)40)23(30-34)18-9-13-26(32-28-18)11-5-3-7-17(26)25(38)43-22-8-4-6-12-27(22)14-10-19(29-33-27)24-21(37(41)42)16-35(2)31-24/h15-19,22,28-29,32-33H,3-14H2,1-2H3. The number of hydrazine groups is 2. The Morgan fingerprint density at radius 1 is 0.814 bits per heavy atom. The van der Waals surface area contributed by atoms with E-state index in [1.165, 1.54) is 21.8 Å². The fourth-order valence-corrected chi connectivity index (χ4v) is 7.77. The molecule has 2 aliphatic carbocycles. The first kappa shape index (κ1) is 29.6. The molecule has 16 nitrogen and oxygen atoms in total. The fourth-order valence-electron chi connectivity index (χ4n) is 7.77. The second-order valence-corrected chi connectivity index (χ2v) is 12.7. The smallest absolute Gasteiger partial charge is 0.311 e. The minimum atomic E-state index is -0.502. The highest BCUT2D eigenvalue weighted by Crippen LogP contribution is 2.44. The molecule has 2 aliphatic heterocycles. The number of hydrogen-bond donors (Lipinski definition) is 4. The van der Waals surface area contributed by atoms with Crippen LogP contribution in [-0.2, 0) is 23.6 Å². The number of hydrogen-bond acceptors (Lipinski definition) is 12. The van der Waals surface area contributed by atoms with E-state index < -0.39 is 20.9 Å². The Morgan fingerprint density at radius 3 is 1.84 bits per heavy atom. The highest BCUT2D eigenvalue weighted by molar-refractivity contribution is 5.74. The molecule has 0 radical (unpaired) electrons. The fraction of sp³-hybridized carbons (Fsp3) is 0.741. The SMILES string of the molecule is Cn1cc([N+](=O)[O-])c(C2CCC3(CCCCC3OC(=O)C3CCCCC34CCC(c3nn(C)cc3[N+](=O)[O-])NN4)NN2)n1. The molecule has 2 aromatic heterocycles. The Bertz CT molecular complexity index is 1370. The minimum absolute atomic E-state index is 0.0135. The molecule has 4 heterocycles. The summed E-state index contributed by atoms with van der Waals surface area (Å²) in [5.41, 5.74) is 13.2. The van der Waals surface area contributed by atoms with Gasteiger partial charge in [-0.15, -0.1) is 0 Å². The van der Waals surface area contributed by atoms with E-state index in [1.54, 1.807) is 14.1 Å². The second kappa shape index (κ2) is 11.6. The first-order chi connectivity index (χ1) is 20.6. The lowest BCUT2D eigenvalue weighted by Gasteiger charge is -2.50. The van der Waals surface area contributed by atoms with Crippen LogP contribution in [0.15, 0.2) is 12.4 Å². The van der Waals surface area contributed by atoms with Gasteiger partial charge in [0.1, 0.15) is 18.5 Å². The lowest BCUT2D eigenvalue weighted by Crippen LogP contribution is -2.67. The molecule has 4 N–H and O–H groups in total. The molecule has 4 fully saturated rings. The van der Waals surface area contributed by atoms with Crippen LogP contribution in [0.1, 0.15) is 101 Å². The van der Waals surface area contributed by atoms with Crippen LogP contribution in [0, 0.1) is 26.1 Å². The van der Waals surface area contributed by atoms with E-state index in [9.17, 15) is 25.0 Å². The van der Waals surface area contributed by atoms with Crippen LogP contribution in [-0.4, -0.2) is 52.6 Å².